The number of benzene rings is 1. The summed E-state index contributed by atoms with van der Waals surface area (Å²) in [5.41, 5.74) is 2.39. The molecular weight excluding hydrogens is 308 g/mol. The number of ketones is 1. The van der Waals surface area contributed by atoms with Gasteiger partial charge in [0.2, 0.25) is 0 Å². The number of amides is 1. The third kappa shape index (κ3) is 2.54. The van der Waals surface area contributed by atoms with Crippen molar-refractivity contribution in [2.75, 3.05) is 18.5 Å². The molecule has 1 aromatic carbocycles. The molecule has 24 heavy (non-hydrogen) atoms. The normalized spacial score (nSPS) is 18.9. The van der Waals surface area contributed by atoms with Crippen LogP contribution >= 0.6 is 0 Å². The number of anilines is 1. The van der Waals surface area contributed by atoms with E-state index in [2.05, 4.69) is 10.3 Å². The van der Waals surface area contributed by atoms with E-state index in [4.69, 9.17) is 9.47 Å². The standard InChI is InChI=1S/C18H18N2O4/c1-10-6-13-17(14(21)7-10)12(9-19-13)18(22)20-11-2-3-15-16(8-11)24-5-4-23-15/h2-3,8-10,19H,4-7H2,1H3,(H,20,22). The van der Waals surface area contributed by atoms with Gasteiger partial charge in [0.05, 0.1) is 11.1 Å². The first-order valence-electron chi connectivity index (χ1n) is 8.06. The lowest BCUT2D eigenvalue weighted by Gasteiger charge is -2.19. The summed E-state index contributed by atoms with van der Waals surface area (Å²) >= 11 is 0. The number of aromatic amines is 1. The van der Waals surface area contributed by atoms with Crippen molar-refractivity contribution in [2.24, 2.45) is 5.92 Å². The molecule has 0 saturated heterocycles. The van der Waals surface area contributed by atoms with Crippen molar-refractivity contribution in [3.8, 4) is 11.5 Å². The fourth-order valence-corrected chi connectivity index (χ4v) is 3.28. The zero-order valence-electron chi connectivity index (χ0n) is 13.3. The Labute approximate surface area is 139 Å². The van der Waals surface area contributed by atoms with Crippen LogP contribution in [0.4, 0.5) is 5.69 Å². The van der Waals surface area contributed by atoms with Gasteiger partial charge >= 0.3 is 0 Å². The molecule has 1 amide bonds. The Morgan fingerprint density at radius 3 is 2.83 bits per heavy atom. The van der Waals surface area contributed by atoms with Crippen molar-refractivity contribution in [3.05, 3.63) is 41.2 Å². The van der Waals surface area contributed by atoms with E-state index < -0.39 is 0 Å². The van der Waals surface area contributed by atoms with Crippen LogP contribution in [-0.2, 0) is 6.42 Å². The number of hydrogen-bond acceptors (Lipinski definition) is 4. The quantitative estimate of drug-likeness (QED) is 0.889. The van der Waals surface area contributed by atoms with Crippen LogP contribution in [0.1, 0.15) is 39.8 Å². The van der Waals surface area contributed by atoms with Crippen LogP contribution < -0.4 is 14.8 Å². The van der Waals surface area contributed by atoms with Gasteiger partial charge in [0.25, 0.3) is 5.91 Å². The van der Waals surface area contributed by atoms with Gasteiger partial charge in [0.15, 0.2) is 17.3 Å². The first kappa shape index (κ1) is 14.8. The summed E-state index contributed by atoms with van der Waals surface area (Å²) in [4.78, 5) is 28.0. The monoisotopic (exact) mass is 326 g/mol. The minimum Gasteiger partial charge on any atom is -0.486 e. The molecule has 6 nitrogen and oxygen atoms in total. The Kier molecular flexibility index (Phi) is 3.52. The molecule has 2 aliphatic rings. The fourth-order valence-electron chi connectivity index (χ4n) is 3.28. The molecule has 0 radical (unpaired) electrons. The number of aromatic nitrogens is 1. The summed E-state index contributed by atoms with van der Waals surface area (Å²) in [5.74, 6) is 1.31. The van der Waals surface area contributed by atoms with E-state index in [0.29, 0.717) is 53.9 Å². The lowest BCUT2D eigenvalue weighted by Crippen LogP contribution is -2.21. The second-order valence-corrected chi connectivity index (χ2v) is 6.31. The van der Waals surface area contributed by atoms with E-state index in [1.807, 2.05) is 6.92 Å². The highest BCUT2D eigenvalue weighted by Gasteiger charge is 2.29. The van der Waals surface area contributed by atoms with Crippen LogP contribution in [0.3, 0.4) is 0 Å². The molecule has 1 aliphatic heterocycles. The van der Waals surface area contributed by atoms with Crippen LogP contribution in [0.5, 0.6) is 11.5 Å². The maximum Gasteiger partial charge on any atom is 0.257 e. The topological polar surface area (TPSA) is 80.4 Å². The summed E-state index contributed by atoms with van der Waals surface area (Å²) < 4.78 is 11.0. The number of carbonyl (C=O) groups excluding carboxylic acids is 2. The van der Waals surface area contributed by atoms with Gasteiger partial charge in [-0.15, -0.1) is 0 Å². The van der Waals surface area contributed by atoms with Crippen LogP contribution in [0.2, 0.25) is 0 Å². The minimum atomic E-state index is -0.299. The minimum absolute atomic E-state index is 0.0253. The molecule has 0 saturated carbocycles. The summed E-state index contributed by atoms with van der Waals surface area (Å²) in [6.45, 7) is 3.05. The van der Waals surface area contributed by atoms with Crippen LogP contribution in [-0.4, -0.2) is 29.9 Å². The van der Waals surface area contributed by atoms with Gasteiger partial charge in [0, 0.05) is 30.1 Å². The molecule has 124 valence electrons. The lowest BCUT2D eigenvalue weighted by molar-refractivity contribution is 0.0940. The Hall–Kier alpha value is -2.76. The van der Waals surface area contributed by atoms with Crippen molar-refractivity contribution in [2.45, 2.75) is 19.8 Å². The van der Waals surface area contributed by atoms with Gasteiger partial charge in [-0.3, -0.25) is 9.59 Å². The Morgan fingerprint density at radius 2 is 2.00 bits per heavy atom. The van der Waals surface area contributed by atoms with Crippen molar-refractivity contribution >= 4 is 17.4 Å². The summed E-state index contributed by atoms with van der Waals surface area (Å²) in [7, 11) is 0. The van der Waals surface area contributed by atoms with Gasteiger partial charge in [-0.25, -0.2) is 0 Å². The highest BCUT2D eigenvalue weighted by molar-refractivity contribution is 6.13. The second-order valence-electron chi connectivity index (χ2n) is 6.31. The molecule has 0 spiro atoms. The molecule has 1 aliphatic carbocycles. The molecule has 4 rings (SSSR count). The zero-order valence-corrected chi connectivity index (χ0v) is 13.3. The number of H-pyrrole nitrogens is 1. The highest BCUT2D eigenvalue weighted by Crippen LogP contribution is 2.33. The molecule has 0 fully saturated rings. The van der Waals surface area contributed by atoms with Crippen molar-refractivity contribution in [1.82, 2.24) is 4.98 Å². The number of rotatable bonds is 2. The zero-order chi connectivity index (χ0) is 16.7. The van der Waals surface area contributed by atoms with Crippen LogP contribution in [0, 0.1) is 5.92 Å². The smallest absolute Gasteiger partial charge is 0.257 e. The van der Waals surface area contributed by atoms with E-state index in [-0.39, 0.29) is 11.7 Å². The molecular formula is C18H18N2O4. The third-order valence-corrected chi connectivity index (χ3v) is 4.37. The van der Waals surface area contributed by atoms with E-state index in [1.165, 1.54) is 0 Å². The highest BCUT2D eigenvalue weighted by atomic mass is 16.6. The first-order chi connectivity index (χ1) is 11.6. The van der Waals surface area contributed by atoms with Gasteiger partial charge in [-0.1, -0.05) is 6.92 Å². The van der Waals surface area contributed by atoms with Crippen molar-refractivity contribution in [3.63, 3.8) is 0 Å². The third-order valence-electron chi connectivity index (χ3n) is 4.37. The Morgan fingerprint density at radius 1 is 1.21 bits per heavy atom. The van der Waals surface area contributed by atoms with Gasteiger partial charge in [-0.05, 0) is 24.5 Å². The SMILES string of the molecule is CC1CC(=O)c2c(C(=O)Nc3ccc4c(c3)OCCO4)c[nH]c2C1. The molecule has 1 unspecified atom stereocenters. The molecule has 2 heterocycles. The predicted octanol–water partition coefficient (Wildman–Crippen LogP) is 2.80. The average Bonchev–Trinajstić information content (AvgIpc) is 2.99. The second kappa shape index (κ2) is 5.70. The number of carbonyl (C=O) groups is 2. The summed E-state index contributed by atoms with van der Waals surface area (Å²) in [6.07, 6.45) is 2.89. The van der Waals surface area contributed by atoms with Crippen molar-refractivity contribution in [1.29, 1.82) is 0 Å². The van der Waals surface area contributed by atoms with E-state index in [1.54, 1.807) is 24.4 Å². The van der Waals surface area contributed by atoms with Gasteiger partial charge < -0.3 is 19.8 Å². The molecule has 1 aromatic heterocycles. The van der Waals surface area contributed by atoms with E-state index in [9.17, 15) is 9.59 Å². The number of fused-ring (bicyclic) bond motifs is 2. The Balaban J connectivity index is 1.58. The number of Topliss-reactive ketones (excluding diaryl/α,β-unsaturated/α-hetero) is 1. The number of ether oxygens (including phenoxy) is 2. The number of nitrogens with one attached hydrogen (secondary N) is 2. The number of hydrogen-bond donors (Lipinski definition) is 2. The van der Waals surface area contributed by atoms with Gasteiger partial charge in [-0.2, -0.15) is 0 Å². The fraction of sp³-hybridized carbons (Fsp3) is 0.333. The first-order valence-corrected chi connectivity index (χ1v) is 8.06. The molecule has 1 atom stereocenters. The summed E-state index contributed by atoms with van der Waals surface area (Å²) in [6, 6.07) is 5.26. The molecule has 6 heteroatoms. The maximum atomic E-state index is 12.6. The van der Waals surface area contributed by atoms with E-state index >= 15 is 0 Å². The van der Waals surface area contributed by atoms with Gasteiger partial charge in [0.1, 0.15) is 13.2 Å². The maximum absolute atomic E-state index is 12.6. The largest absolute Gasteiger partial charge is 0.486 e. The molecule has 0 bridgehead atoms. The van der Waals surface area contributed by atoms with Crippen LogP contribution in [0.25, 0.3) is 0 Å². The lowest BCUT2D eigenvalue weighted by atomic mass is 9.86. The van der Waals surface area contributed by atoms with E-state index in [0.717, 1.165) is 12.1 Å². The average molecular weight is 326 g/mol. The molecule has 2 aromatic rings. The molecule has 2 N–H and O–H groups in total. The summed E-state index contributed by atoms with van der Waals surface area (Å²) in [5, 5.41) is 2.83. The van der Waals surface area contributed by atoms with Crippen LogP contribution in [0.15, 0.2) is 24.4 Å². The predicted molar refractivity (Wildman–Crippen MR) is 88.0 cm³/mol. The Bertz CT molecular complexity index is 824. The van der Waals surface area contributed by atoms with Crippen molar-refractivity contribution < 1.29 is 19.1 Å².